The maximum atomic E-state index is 12.2. The summed E-state index contributed by atoms with van der Waals surface area (Å²) in [6.07, 6.45) is 4.51. The van der Waals surface area contributed by atoms with Crippen molar-refractivity contribution in [1.29, 1.82) is 0 Å². The van der Waals surface area contributed by atoms with Gasteiger partial charge in [0.15, 0.2) is 0 Å². The zero-order valence-corrected chi connectivity index (χ0v) is 12.2. The standard InChI is InChI=1S/C15H20N2O4/c1-20-15(19)10-13-11-17(8-9-21-13)14(18)3-2-12-4-6-16-7-5-12/h4-7,13H,2-3,8-11H2,1H3. The predicted octanol–water partition coefficient (Wildman–Crippen LogP) is 0.805. The number of carbonyl (C=O) groups is 2. The van der Waals surface area contributed by atoms with E-state index >= 15 is 0 Å². The fourth-order valence-electron chi connectivity index (χ4n) is 2.30. The van der Waals surface area contributed by atoms with Crippen molar-refractivity contribution >= 4 is 11.9 Å². The van der Waals surface area contributed by atoms with Gasteiger partial charge in [0.1, 0.15) is 0 Å². The molecule has 1 aliphatic heterocycles. The molecule has 0 bridgehead atoms. The Balaban J connectivity index is 1.80. The molecular weight excluding hydrogens is 272 g/mol. The molecule has 0 radical (unpaired) electrons. The normalized spacial score (nSPS) is 18.3. The molecule has 1 amide bonds. The number of pyridine rings is 1. The summed E-state index contributed by atoms with van der Waals surface area (Å²) in [5.41, 5.74) is 1.10. The van der Waals surface area contributed by atoms with E-state index in [1.54, 1.807) is 17.3 Å². The van der Waals surface area contributed by atoms with Crippen LogP contribution >= 0.6 is 0 Å². The number of amides is 1. The van der Waals surface area contributed by atoms with Crippen LogP contribution in [0.1, 0.15) is 18.4 Å². The summed E-state index contributed by atoms with van der Waals surface area (Å²) in [5.74, 6) is -0.226. The van der Waals surface area contributed by atoms with Crippen molar-refractivity contribution < 1.29 is 19.1 Å². The maximum Gasteiger partial charge on any atom is 0.308 e. The molecule has 1 unspecified atom stereocenters. The second-order valence-corrected chi connectivity index (χ2v) is 4.97. The fourth-order valence-corrected chi connectivity index (χ4v) is 2.30. The Morgan fingerprint density at radius 1 is 1.43 bits per heavy atom. The van der Waals surface area contributed by atoms with Gasteiger partial charge in [0, 0.05) is 31.9 Å². The van der Waals surface area contributed by atoms with Gasteiger partial charge in [-0.25, -0.2) is 0 Å². The van der Waals surface area contributed by atoms with Gasteiger partial charge in [-0.3, -0.25) is 14.6 Å². The number of aromatic nitrogens is 1. The average Bonchev–Trinajstić information content (AvgIpc) is 2.53. The highest BCUT2D eigenvalue weighted by Crippen LogP contribution is 2.12. The first-order chi connectivity index (χ1) is 10.2. The summed E-state index contributed by atoms with van der Waals surface area (Å²) in [6.45, 7) is 1.49. The van der Waals surface area contributed by atoms with Crippen LogP contribution in [0.4, 0.5) is 0 Å². The lowest BCUT2D eigenvalue weighted by Crippen LogP contribution is -2.46. The molecule has 2 heterocycles. The molecule has 6 nitrogen and oxygen atoms in total. The number of esters is 1. The molecule has 0 aromatic carbocycles. The number of methoxy groups -OCH3 is 1. The van der Waals surface area contributed by atoms with Crippen molar-refractivity contribution in [2.24, 2.45) is 0 Å². The van der Waals surface area contributed by atoms with Gasteiger partial charge in [0.25, 0.3) is 0 Å². The summed E-state index contributed by atoms with van der Waals surface area (Å²) in [7, 11) is 1.35. The second-order valence-electron chi connectivity index (χ2n) is 4.97. The first-order valence-corrected chi connectivity index (χ1v) is 7.04. The third-order valence-electron chi connectivity index (χ3n) is 3.49. The zero-order valence-electron chi connectivity index (χ0n) is 12.2. The number of hydrogen-bond donors (Lipinski definition) is 0. The SMILES string of the molecule is COC(=O)CC1CN(C(=O)CCc2ccncc2)CCO1. The molecule has 21 heavy (non-hydrogen) atoms. The number of aryl methyl sites for hydroxylation is 1. The van der Waals surface area contributed by atoms with Gasteiger partial charge in [0.05, 0.1) is 26.2 Å². The van der Waals surface area contributed by atoms with Crippen LogP contribution in [-0.4, -0.2) is 54.7 Å². The molecule has 6 heteroatoms. The molecule has 1 aromatic rings. The van der Waals surface area contributed by atoms with Gasteiger partial charge in [-0.15, -0.1) is 0 Å². The van der Waals surface area contributed by atoms with E-state index in [0.717, 1.165) is 5.56 Å². The van der Waals surface area contributed by atoms with Crippen molar-refractivity contribution in [1.82, 2.24) is 9.88 Å². The van der Waals surface area contributed by atoms with E-state index in [9.17, 15) is 9.59 Å². The molecule has 1 atom stereocenters. The highest BCUT2D eigenvalue weighted by atomic mass is 16.5. The third-order valence-corrected chi connectivity index (χ3v) is 3.49. The first-order valence-electron chi connectivity index (χ1n) is 7.04. The molecule has 0 saturated carbocycles. The Bertz CT molecular complexity index is 478. The largest absolute Gasteiger partial charge is 0.469 e. The molecule has 114 valence electrons. The molecule has 1 aromatic heterocycles. The van der Waals surface area contributed by atoms with Gasteiger partial charge in [-0.1, -0.05) is 0 Å². The Morgan fingerprint density at radius 3 is 2.90 bits per heavy atom. The number of nitrogens with zero attached hydrogens (tertiary/aromatic N) is 2. The van der Waals surface area contributed by atoms with Crippen LogP contribution in [0.2, 0.25) is 0 Å². The molecular formula is C15H20N2O4. The fraction of sp³-hybridized carbons (Fsp3) is 0.533. The van der Waals surface area contributed by atoms with Gasteiger partial charge in [-0.2, -0.15) is 0 Å². The summed E-state index contributed by atoms with van der Waals surface area (Å²) in [6, 6.07) is 3.82. The summed E-state index contributed by atoms with van der Waals surface area (Å²) >= 11 is 0. The van der Waals surface area contributed by atoms with Crippen molar-refractivity contribution in [3.05, 3.63) is 30.1 Å². The average molecular weight is 292 g/mol. The smallest absolute Gasteiger partial charge is 0.308 e. The first kappa shape index (κ1) is 15.4. The molecule has 0 aliphatic carbocycles. The lowest BCUT2D eigenvalue weighted by molar-refractivity contribution is -0.150. The van der Waals surface area contributed by atoms with Crippen molar-refractivity contribution in [2.45, 2.75) is 25.4 Å². The molecule has 1 fully saturated rings. The van der Waals surface area contributed by atoms with Gasteiger partial charge >= 0.3 is 5.97 Å². The quantitative estimate of drug-likeness (QED) is 0.751. The Hall–Kier alpha value is -1.95. The zero-order chi connectivity index (χ0) is 15.1. The summed E-state index contributed by atoms with van der Waals surface area (Å²) in [4.78, 5) is 29.2. The van der Waals surface area contributed by atoms with Gasteiger partial charge < -0.3 is 14.4 Å². The van der Waals surface area contributed by atoms with Crippen molar-refractivity contribution in [2.75, 3.05) is 26.8 Å². The minimum absolute atomic E-state index is 0.0879. The number of carbonyl (C=O) groups excluding carboxylic acids is 2. The van der Waals surface area contributed by atoms with Crippen LogP contribution < -0.4 is 0 Å². The Labute approximate surface area is 124 Å². The van der Waals surface area contributed by atoms with Crippen molar-refractivity contribution in [3.63, 3.8) is 0 Å². The van der Waals surface area contributed by atoms with Crippen LogP contribution in [-0.2, 0) is 25.5 Å². The molecule has 0 spiro atoms. The number of hydrogen-bond acceptors (Lipinski definition) is 5. The lowest BCUT2D eigenvalue weighted by atomic mass is 10.1. The third kappa shape index (κ3) is 4.82. The van der Waals surface area contributed by atoms with Gasteiger partial charge in [0.2, 0.25) is 5.91 Å². The predicted molar refractivity (Wildman–Crippen MR) is 75.5 cm³/mol. The van der Waals surface area contributed by atoms with Crippen LogP contribution in [0.15, 0.2) is 24.5 Å². The molecule has 2 rings (SSSR count). The van der Waals surface area contributed by atoms with Crippen LogP contribution in [0, 0.1) is 0 Å². The number of rotatable bonds is 5. The van der Waals surface area contributed by atoms with E-state index in [2.05, 4.69) is 9.72 Å². The molecule has 0 N–H and O–H groups in total. The van der Waals surface area contributed by atoms with Crippen molar-refractivity contribution in [3.8, 4) is 0 Å². The van der Waals surface area contributed by atoms with Crippen LogP contribution in [0.3, 0.4) is 0 Å². The van der Waals surface area contributed by atoms with E-state index in [-0.39, 0.29) is 24.4 Å². The van der Waals surface area contributed by atoms with E-state index in [1.165, 1.54) is 7.11 Å². The minimum Gasteiger partial charge on any atom is -0.469 e. The summed E-state index contributed by atoms with van der Waals surface area (Å²) < 4.78 is 10.1. The Kier molecular flexibility index (Phi) is 5.68. The van der Waals surface area contributed by atoms with Crippen LogP contribution in [0.5, 0.6) is 0 Å². The lowest BCUT2D eigenvalue weighted by Gasteiger charge is -2.32. The monoisotopic (exact) mass is 292 g/mol. The highest BCUT2D eigenvalue weighted by molar-refractivity contribution is 5.77. The topological polar surface area (TPSA) is 68.7 Å². The molecule has 1 aliphatic rings. The maximum absolute atomic E-state index is 12.2. The summed E-state index contributed by atoms with van der Waals surface area (Å²) in [5, 5.41) is 0. The van der Waals surface area contributed by atoms with Crippen LogP contribution in [0.25, 0.3) is 0 Å². The van der Waals surface area contributed by atoms with E-state index < -0.39 is 0 Å². The number of morpholine rings is 1. The Morgan fingerprint density at radius 2 is 2.19 bits per heavy atom. The van der Waals surface area contributed by atoms with Gasteiger partial charge in [-0.05, 0) is 24.1 Å². The second kappa shape index (κ2) is 7.73. The highest BCUT2D eigenvalue weighted by Gasteiger charge is 2.25. The molecule has 1 saturated heterocycles. The van der Waals surface area contributed by atoms with E-state index in [4.69, 9.17) is 4.74 Å². The number of ether oxygens (including phenoxy) is 2. The minimum atomic E-state index is -0.314. The van der Waals surface area contributed by atoms with E-state index in [0.29, 0.717) is 32.5 Å². The van der Waals surface area contributed by atoms with E-state index in [1.807, 2.05) is 12.1 Å².